The molecule has 4 rings (SSSR count). The van der Waals surface area contributed by atoms with Crippen molar-refractivity contribution in [3.05, 3.63) is 77.4 Å². The quantitative estimate of drug-likeness (QED) is 0.624. The van der Waals surface area contributed by atoms with Crippen molar-refractivity contribution in [2.24, 2.45) is 0 Å². The smallest absolute Gasteiger partial charge is 0.323 e. The molecule has 1 heterocycles. The molecule has 6 heteroatoms. The van der Waals surface area contributed by atoms with Crippen LogP contribution in [0.25, 0.3) is 0 Å². The van der Waals surface area contributed by atoms with Gasteiger partial charge in [0, 0.05) is 18.4 Å². The standard InChI is InChI=1S/C23H21N3O3/c1-14-10-15(2)12-17(11-14)25-23(28)24-16-8-9-20-18(13-16)22(27)26(3)19-6-4-5-7-21(19)29-20/h4-13H,1-3H3,(H2,24,25,28). The summed E-state index contributed by atoms with van der Waals surface area (Å²) in [5, 5.41) is 5.60. The highest BCUT2D eigenvalue weighted by Gasteiger charge is 2.25. The van der Waals surface area contributed by atoms with E-state index in [1.807, 2.05) is 56.3 Å². The molecule has 0 atom stereocenters. The Balaban J connectivity index is 1.57. The fourth-order valence-electron chi connectivity index (χ4n) is 3.43. The molecule has 3 aromatic carbocycles. The monoisotopic (exact) mass is 387 g/mol. The SMILES string of the molecule is Cc1cc(C)cc(NC(=O)Nc2ccc3c(c2)C(=O)N(C)c2ccccc2O3)c1. The van der Waals surface area contributed by atoms with Crippen LogP contribution in [0.5, 0.6) is 11.5 Å². The fourth-order valence-corrected chi connectivity index (χ4v) is 3.43. The second-order valence-electron chi connectivity index (χ2n) is 7.10. The molecule has 1 aliphatic heterocycles. The Hall–Kier alpha value is -3.80. The molecule has 3 aromatic rings. The Labute approximate surface area is 169 Å². The number of hydrogen-bond donors (Lipinski definition) is 2. The van der Waals surface area contributed by atoms with Gasteiger partial charge in [0.25, 0.3) is 5.91 Å². The van der Waals surface area contributed by atoms with Gasteiger partial charge in [-0.15, -0.1) is 0 Å². The van der Waals surface area contributed by atoms with Crippen LogP contribution in [0.4, 0.5) is 21.9 Å². The molecule has 1 aliphatic rings. The number of ether oxygens (including phenoxy) is 1. The molecule has 0 radical (unpaired) electrons. The van der Waals surface area contributed by atoms with Crippen LogP contribution in [-0.2, 0) is 0 Å². The molecule has 2 N–H and O–H groups in total. The number of aryl methyl sites for hydroxylation is 2. The van der Waals surface area contributed by atoms with Gasteiger partial charge >= 0.3 is 6.03 Å². The molecule has 0 fully saturated rings. The molecule has 0 aromatic heterocycles. The first-order valence-electron chi connectivity index (χ1n) is 9.26. The van der Waals surface area contributed by atoms with E-state index in [1.54, 1.807) is 30.1 Å². The second kappa shape index (κ2) is 7.31. The Kier molecular flexibility index (Phi) is 4.68. The number of hydrogen-bond acceptors (Lipinski definition) is 3. The minimum atomic E-state index is -0.381. The van der Waals surface area contributed by atoms with Crippen LogP contribution in [-0.4, -0.2) is 19.0 Å². The maximum atomic E-state index is 12.9. The number of nitrogens with zero attached hydrogens (tertiary/aromatic N) is 1. The highest BCUT2D eigenvalue weighted by molar-refractivity contribution is 6.10. The van der Waals surface area contributed by atoms with Gasteiger partial charge in [-0.25, -0.2) is 4.79 Å². The molecule has 0 saturated heterocycles. The fraction of sp³-hybridized carbons (Fsp3) is 0.130. The van der Waals surface area contributed by atoms with Crippen molar-refractivity contribution >= 4 is 29.0 Å². The number of rotatable bonds is 2. The Morgan fingerprint density at radius 1 is 0.862 bits per heavy atom. The molecular formula is C23H21N3O3. The molecule has 0 spiro atoms. The number of nitrogens with one attached hydrogen (secondary N) is 2. The molecule has 0 saturated carbocycles. The summed E-state index contributed by atoms with van der Waals surface area (Å²) in [6.45, 7) is 3.95. The molecule has 146 valence electrons. The molecule has 29 heavy (non-hydrogen) atoms. The van der Waals surface area contributed by atoms with E-state index in [0.29, 0.717) is 34.1 Å². The highest BCUT2D eigenvalue weighted by Crippen LogP contribution is 2.38. The third kappa shape index (κ3) is 3.78. The second-order valence-corrected chi connectivity index (χ2v) is 7.10. The molecule has 6 nitrogen and oxygen atoms in total. The Morgan fingerprint density at radius 3 is 2.31 bits per heavy atom. The lowest BCUT2D eigenvalue weighted by Gasteiger charge is -2.16. The van der Waals surface area contributed by atoms with E-state index in [9.17, 15) is 9.59 Å². The summed E-state index contributed by atoms with van der Waals surface area (Å²) < 4.78 is 5.93. The van der Waals surface area contributed by atoms with Gasteiger partial charge in [0.15, 0.2) is 5.75 Å². The summed E-state index contributed by atoms with van der Waals surface area (Å²) in [6, 6.07) is 17.8. The number of anilines is 3. The number of para-hydroxylation sites is 2. The van der Waals surface area contributed by atoms with Gasteiger partial charge in [-0.3, -0.25) is 4.79 Å². The minimum Gasteiger partial charge on any atom is -0.454 e. The molecule has 0 unspecified atom stereocenters. The molecule has 3 amide bonds. The van der Waals surface area contributed by atoms with E-state index in [2.05, 4.69) is 10.6 Å². The van der Waals surface area contributed by atoms with Crippen molar-refractivity contribution < 1.29 is 14.3 Å². The predicted octanol–water partition coefficient (Wildman–Crippen LogP) is 5.33. The predicted molar refractivity (Wildman–Crippen MR) is 114 cm³/mol. The number of urea groups is 1. The van der Waals surface area contributed by atoms with Crippen LogP contribution >= 0.6 is 0 Å². The van der Waals surface area contributed by atoms with Crippen LogP contribution in [0.3, 0.4) is 0 Å². The van der Waals surface area contributed by atoms with Crippen LogP contribution in [0, 0.1) is 13.8 Å². The van der Waals surface area contributed by atoms with Crippen LogP contribution in [0.15, 0.2) is 60.7 Å². The van der Waals surface area contributed by atoms with Gasteiger partial charge in [0.1, 0.15) is 5.75 Å². The number of benzene rings is 3. The maximum Gasteiger partial charge on any atom is 0.323 e. The average molecular weight is 387 g/mol. The lowest BCUT2D eigenvalue weighted by Crippen LogP contribution is -2.25. The zero-order valence-electron chi connectivity index (χ0n) is 16.4. The Morgan fingerprint density at radius 2 is 1.55 bits per heavy atom. The van der Waals surface area contributed by atoms with Gasteiger partial charge in [0.2, 0.25) is 0 Å². The highest BCUT2D eigenvalue weighted by atomic mass is 16.5. The number of fused-ring (bicyclic) bond motifs is 2. The minimum absolute atomic E-state index is 0.205. The zero-order chi connectivity index (χ0) is 20.5. The maximum absolute atomic E-state index is 12.9. The largest absolute Gasteiger partial charge is 0.454 e. The summed E-state index contributed by atoms with van der Waals surface area (Å²) in [6.07, 6.45) is 0. The Bertz CT molecular complexity index is 1100. The zero-order valence-corrected chi connectivity index (χ0v) is 16.4. The summed E-state index contributed by atoms with van der Waals surface area (Å²) in [5.74, 6) is 0.853. The van der Waals surface area contributed by atoms with Crippen molar-refractivity contribution in [3.63, 3.8) is 0 Å². The summed E-state index contributed by atoms with van der Waals surface area (Å²) >= 11 is 0. The van der Waals surface area contributed by atoms with Crippen LogP contribution < -0.4 is 20.3 Å². The van der Waals surface area contributed by atoms with Gasteiger partial charge in [-0.2, -0.15) is 0 Å². The first-order chi connectivity index (χ1) is 13.9. The van der Waals surface area contributed by atoms with Gasteiger partial charge in [-0.05, 0) is 67.4 Å². The first kappa shape index (κ1) is 18.6. The van der Waals surface area contributed by atoms with Crippen LogP contribution in [0.2, 0.25) is 0 Å². The van der Waals surface area contributed by atoms with Gasteiger partial charge in [-0.1, -0.05) is 18.2 Å². The van der Waals surface area contributed by atoms with E-state index in [1.165, 1.54) is 0 Å². The van der Waals surface area contributed by atoms with Gasteiger partial charge < -0.3 is 20.3 Å². The topological polar surface area (TPSA) is 70.7 Å². The molecule has 0 bridgehead atoms. The van der Waals surface area contributed by atoms with E-state index >= 15 is 0 Å². The normalized spacial score (nSPS) is 12.4. The van der Waals surface area contributed by atoms with E-state index in [0.717, 1.165) is 11.1 Å². The lowest BCUT2D eigenvalue weighted by molar-refractivity contribution is 0.0993. The lowest BCUT2D eigenvalue weighted by atomic mass is 10.1. The summed E-state index contributed by atoms with van der Waals surface area (Å²) in [7, 11) is 1.70. The van der Waals surface area contributed by atoms with Crippen molar-refractivity contribution in [2.45, 2.75) is 13.8 Å². The van der Waals surface area contributed by atoms with Crippen LogP contribution in [0.1, 0.15) is 21.5 Å². The van der Waals surface area contributed by atoms with Crippen molar-refractivity contribution in [1.82, 2.24) is 0 Å². The van der Waals surface area contributed by atoms with Crippen molar-refractivity contribution in [2.75, 3.05) is 22.6 Å². The number of carbonyl (C=O) groups is 2. The number of carbonyl (C=O) groups excluding carboxylic acids is 2. The van der Waals surface area contributed by atoms with Crippen molar-refractivity contribution in [1.29, 1.82) is 0 Å². The molecule has 0 aliphatic carbocycles. The summed E-state index contributed by atoms with van der Waals surface area (Å²) in [4.78, 5) is 26.9. The van der Waals surface area contributed by atoms with Gasteiger partial charge in [0.05, 0.1) is 11.3 Å². The first-order valence-corrected chi connectivity index (χ1v) is 9.26. The van der Waals surface area contributed by atoms with E-state index < -0.39 is 0 Å². The third-order valence-electron chi connectivity index (χ3n) is 4.70. The summed E-state index contributed by atoms with van der Waals surface area (Å²) in [5.41, 5.74) is 4.42. The van der Waals surface area contributed by atoms with Crippen molar-refractivity contribution in [3.8, 4) is 11.5 Å². The average Bonchev–Trinajstić information content (AvgIpc) is 2.77. The third-order valence-corrected chi connectivity index (χ3v) is 4.70. The van der Waals surface area contributed by atoms with E-state index in [-0.39, 0.29) is 11.9 Å². The van der Waals surface area contributed by atoms with E-state index in [4.69, 9.17) is 4.74 Å². The molecular weight excluding hydrogens is 366 g/mol. The number of amides is 3.